The molecule has 2 fully saturated rings. The minimum absolute atomic E-state index is 0.207. The number of amides is 1. The second-order valence-corrected chi connectivity index (χ2v) is 11.0. The lowest BCUT2D eigenvalue weighted by Crippen LogP contribution is -2.39. The molecule has 2 aliphatic rings. The van der Waals surface area contributed by atoms with Gasteiger partial charge in [-0.05, 0) is 56.4 Å². The fourth-order valence-corrected chi connectivity index (χ4v) is 5.18. The number of sulfone groups is 1. The summed E-state index contributed by atoms with van der Waals surface area (Å²) < 4.78 is 28.5. The van der Waals surface area contributed by atoms with Crippen molar-refractivity contribution in [2.75, 3.05) is 26.0 Å². The Morgan fingerprint density at radius 1 is 1.07 bits per heavy atom. The molecule has 3 rings (SSSR count). The maximum Gasteiger partial charge on any atom is 0.222 e. The lowest BCUT2D eigenvalue weighted by molar-refractivity contribution is -0.133. The van der Waals surface area contributed by atoms with E-state index in [9.17, 15) is 13.2 Å². The van der Waals surface area contributed by atoms with Gasteiger partial charge < -0.3 is 9.64 Å². The molecule has 1 saturated heterocycles. The van der Waals surface area contributed by atoms with Gasteiger partial charge in [0.1, 0.15) is 0 Å². The van der Waals surface area contributed by atoms with Crippen molar-refractivity contribution in [3.05, 3.63) is 18.3 Å². The van der Waals surface area contributed by atoms with Crippen molar-refractivity contribution in [3.63, 3.8) is 0 Å². The molecule has 168 valence electrons. The van der Waals surface area contributed by atoms with E-state index < -0.39 is 9.84 Å². The molecular formula is C23H36N2O4S. The lowest BCUT2D eigenvalue weighted by atomic mass is 9.86. The molecule has 1 aliphatic carbocycles. The highest BCUT2D eigenvalue weighted by Crippen LogP contribution is 2.28. The number of hydrogen-bond acceptors (Lipinski definition) is 5. The Bertz CT molecular complexity index is 765. The molecule has 1 aliphatic heterocycles. The minimum Gasteiger partial charge on any atom is -0.478 e. The Morgan fingerprint density at radius 3 is 2.43 bits per heavy atom. The first-order valence-electron chi connectivity index (χ1n) is 11.5. The molecule has 0 atom stereocenters. The average Bonchev–Trinajstić information content (AvgIpc) is 2.74. The van der Waals surface area contributed by atoms with E-state index >= 15 is 0 Å². The van der Waals surface area contributed by atoms with Gasteiger partial charge in [-0.1, -0.05) is 25.7 Å². The number of pyridine rings is 1. The molecule has 0 bridgehead atoms. The zero-order valence-corrected chi connectivity index (χ0v) is 19.0. The van der Waals surface area contributed by atoms with Gasteiger partial charge in [-0.2, -0.15) is 0 Å². The molecular weight excluding hydrogens is 400 g/mol. The standard InChI is InChI=1S/C23H36N2O4S/c1-30(27,28)21-10-11-22(24-18-21)29-16-6-5-7-19-12-14-25(15-13-19)23(26)17-20-8-3-2-4-9-20/h10-11,18-20H,2-9,12-17H2,1H3. The number of hydrogen-bond donors (Lipinski definition) is 0. The second kappa shape index (κ2) is 11.1. The van der Waals surface area contributed by atoms with E-state index in [1.807, 2.05) is 0 Å². The van der Waals surface area contributed by atoms with Gasteiger partial charge in [-0.15, -0.1) is 0 Å². The maximum absolute atomic E-state index is 12.6. The van der Waals surface area contributed by atoms with Gasteiger partial charge in [0, 0.05) is 38.0 Å². The number of ether oxygens (including phenoxy) is 1. The van der Waals surface area contributed by atoms with Crippen LogP contribution in [0.4, 0.5) is 0 Å². The summed E-state index contributed by atoms with van der Waals surface area (Å²) in [6.07, 6.45) is 15.1. The molecule has 1 aromatic heterocycles. The van der Waals surface area contributed by atoms with Crippen LogP contribution in [0.3, 0.4) is 0 Å². The average molecular weight is 437 g/mol. The van der Waals surface area contributed by atoms with Crippen LogP contribution in [0.5, 0.6) is 5.88 Å². The number of rotatable bonds is 9. The predicted octanol–water partition coefficient (Wildman–Crippen LogP) is 4.24. The molecule has 30 heavy (non-hydrogen) atoms. The highest BCUT2D eigenvalue weighted by Gasteiger charge is 2.25. The fourth-order valence-electron chi connectivity index (χ4n) is 4.62. The normalized spacial score (nSPS) is 19.0. The van der Waals surface area contributed by atoms with Crippen LogP contribution < -0.4 is 4.74 Å². The van der Waals surface area contributed by atoms with Crippen LogP contribution in [0.2, 0.25) is 0 Å². The van der Waals surface area contributed by atoms with Gasteiger partial charge in [-0.3, -0.25) is 4.79 Å². The third kappa shape index (κ3) is 7.25. The van der Waals surface area contributed by atoms with Gasteiger partial charge >= 0.3 is 0 Å². The number of nitrogens with zero attached hydrogens (tertiary/aromatic N) is 2. The van der Waals surface area contributed by atoms with Gasteiger partial charge in [0.15, 0.2) is 9.84 Å². The van der Waals surface area contributed by atoms with Crippen LogP contribution in [0, 0.1) is 11.8 Å². The van der Waals surface area contributed by atoms with Crippen LogP contribution in [0.15, 0.2) is 23.2 Å². The molecule has 2 heterocycles. The first-order chi connectivity index (χ1) is 14.4. The van der Waals surface area contributed by atoms with Crippen molar-refractivity contribution in [3.8, 4) is 5.88 Å². The van der Waals surface area contributed by atoms with E-state index in [0.29, 0.717) is 30.2 Å². The smallest absolute Gasteiger partial charge is 0.222 e. The SMILES string of the molecule is CS(=O)(=O)c1ccc(OCCCCC2CCN(C(=O)CC3CCCCC3)CC2)nc1. The number of aromatic nitrogens is 1. The number of carbonyl (C=O) groups is 1. The summed E-state index contributed by atoms with van der Waals surface area (Å²) in [7, 11) is -3.22. The number of unbranched alkanes of at least 4 members (excludes halogenated alkanes) is 1. The molecule has 0 unspecified atom stereocenters. The Kier molecular flexibility index (Phi) is 8.54. The van der Waals surface area contributed by atoms with E-state index in [-0.39, 0.29) is 4.90 Å². The molecule has 1 amide bonds. The van der Waals surface area contributed by atoms with Gasteiger partial charge in [0.05, 0.1) is 11.5 Å². The predicted molar refractivity (Wildman–Crippen MR) is 117 cm³/mol. The maximum atomic E-state index is 12.6. The van der Waals surface area contributed by atoms with E-state index in [2.05, 4.69) is 9.88 Å². The summed E-state index contributed by atoms with van der Waals surface area (Å²) in [5.41, 5.74) is 0. The van der Waals surface area contributed by atoms with Crippen molar-refractivity contribution in [2.45, 2.75) is 75.5 Å². The quantitative estimate of drug-likeness (QED) is 0.541. The van der Waals surface area contributed by atoms with Crippen molar-refractivity contribution >= 4 is 15.7 Å². The van der Waals surface area contributed by atoms with E-state index in [0.717, 1.165) is 45.2 Å². The summed E-state index contributed by atoms with van der Waals surface area (Å²) in [5.74, 6) is 2.17. The van der Waals surface area contributed by atoms with E-state index in [1.54, 1.807) is 6.07 Å². The first kappa shape index (κ1) is 23.0. The molecule has 7 heteroatoms. The van der Waals surface area contributed by atoms with Gasteiger partial charge in [0.25, 0.3) is 0 Å². The Hall–Kier alpha value is -1.63. The Labute approximate surface area is 181 Å². The molecule has 6 nitrogen and oxygen atoms in total. The minimum atomic E-state index is -3.22. The highest BCUT2D eigenvalue weighted by molar-refractivity contribution is 7.90. The topological polar surface area (TPSA) is 76.6 Å². The third-order valence-corrected chi connectivity index (χ3v) is 7.65. The molecule has 0 spiro atoms. The van der Waals surface area contributed by atoms with Crippen LogP contribution >= 0.6 is 0 Å². The summed E-state index contributed by atoms with van der Waals surface area (Å²) in [5, 5.41) is 0. The van der Waals surface area contributed by atoms with E-state index in [1.165, 1.54) is 57.0 Å². The Morgan fingerprint density at radius 2 is 1.80 bits per heavy atom. The zero-order chi connectivity index (χ0) is 21.4. The summed E-state index contributed by atoms with van der Waals surface area (Å²) >= 11 is 0. The van der Waals surface area contributed by atoms with Gasteiger partial charge in [0.2, 0.25) is 11.8 Å². The van der Waals surface area contributed by atoms with Crippen molar-refractivity contribution in [1.29, 1.82) is 0 Å². The summed E-state index contributed by atoms with van der Waals surface area (Å²) in [6.45, 7) is 2.43. The summed E-state index contributed by atoms with van der Waals surface area (Å²) in [4.78, 5) is 18.9. The van der Waals surface area contributed by atoms with Gasteiger partial charge in [-0.25, -0.2) is 13.4 Å². The van der Waals surface area contributed by atoms with E-state index in [4.69, 9.17) is 4.74 Å². The fraction of sp³-hybridized carbons (Fsp3) is 0.739. The molecule has 1 aromatic rings. The monoisotopic (exact) mass is 436 g/mol. The largest absolute Gasteiger partial charge is 0.478 e. The van der Waals surface area contributed by atoms with Crippen molar-refractivity contribution in [2.24, 2.45) is 11.8 Å². The molecule has 0 aromatic carbocycles. The van der Waals surface area contributed by atoms with Crippen LogP contribution in [-0.4, -0.2) is 50.2 Å². The number of carbonyl (C=O) groups excluding carboxylic acids is 1. The second-order valence-electron chi connectivity index (χ2n) is 8.98. The lowest BCUT2D eigenvalue weighted by Gasteiger charge is -2.33. The van der Waals surface area contributed by atoms with Crippen LogP contribution in [-0.2, 0) is 14.6 Å². The first-order valence-corrected chi connectivity index (χ1v) is 13.4. The zero-order valence-electron chi connectivity index (χ0n) is 18.2. The molecule has 1 saturated carbocycles. The number of piperidine rings is 1. The highest BCUT2D eigenvalue weighted by atomic mass is 32.2. The van der Waals surface area contributed by atoms with Crippen molar-refractivity contribution < 1.29 is 17.9 Å². The van der Waals surface area contributed by atoms with Crippen LogP contribution in [0.1, 0.15) is 70.6 Å². The van der Waals surface area contributed by atoms with Crippen molar-refractivity contribution in [1.82, 2.24) is 9.88 Å². The third-order valence-electron chi connectivity index (χ3n) is 6.55. The molecule has 0 radical (unpaired) electrons. The van der Waals surface area contributed by atoms with Crippen LogP contribution in [0.25, 0.3) is 0 Å². The number of likely N-dealkylation sites (tertiary alicyclic amines) is 1. The Balaban J connectivity index is 1.26. The molecule has 0 N–H and O–H groups in total. The summed E-state index contributed by atoms with van der Waals surface area (Å²) in [6, 6.07) is 3.14.